The zero-order valence-electron chi connectivity index (χ0n) is 11.1. The third-order valence-corrected chi connectivity index (χ3v) is 2.39. The maximum absolute atomic E-state index is 14.2. The number of halogens is 1. The van der Waals surface area contributed by atoms with Crippen LogP contribution in [0, 0.1) is 5.82 Å². The van der Waals surface area contributed by atoms with E-state index in [0.717, 1.165) is 0 Å². The van der Waals surface area contributed by atoms with Gasteiger partial charge in [0.25, 0.3) is 0 Å². The number of ether oxygens (including phenoxy) is 3. The zero-order chi connectivity index (χ0) is 14.4. The Balaban J connectivity index is 3.30. The minimum Gasteiger partial charge on any atom is -0.494 e. The van der Waals surface area contributed by atoms with Gasteiger partial charge in [-0.15, -0.1) is 0 Å². The van der Waals surface area contributed by atoms with E-state index in [1.54, 1.807) is 13.8 Å². The molecule has 0 aliphatic heterocycles. The molecule has 0 fully saturated rings. The summed E-state index contributed by atoms with van der Waals surface area (Å²) in [6, 6.07) is 2.70. The van der Waals surface area contributed by atoms with E-state index in [9.17, 15) is 9.18 Å². The van der Waals surface area contributed by atoms with Crippen LogP contribution in [0.25, 0.3) is 0 Å². The minimum absolute atomic E-state index is 0.0493. The van der Waals surface area contributed by atoms with E-state index < -0.39 is 17.9 Å². The fourth-order valence-electron chi connectivity index (χ4n) is 1.66. The smallest absolute Gasteiger partial charge is 0.337 e. The van der Waals surface area contributed by atoms with Crippen LogP contribution in [-0.2, 0) is 9.53 Å². The van der Waals surface area contributed by atoms with E-state index in [4.69, 9.17) is 19.3 Å². The molecule has 1 unspecified atom stereocenters. The van der Waals surface area contributed by atoms with E-state index in [1.165, 1.54) is 19.2 Å². The normalized spacial score (nSPS) is 12.0. The summed E-state index contributed by atoms with van der Waals surface area (Å²) in [5.74, 6) is -1.74. The molecule has 0 aromatic heterocycles. The molecule has 0 heterocycles. The molecule has 0 radical (unpaired) electrons. The van der Waals surface area contributed by atoms with Gasteiger partial charge in [0, 0.05) is 18.7 Å². The lowest BCUT2D eigenvalue weighted by Gasteiger charge is -2.16. The van der Waals surface area contributed by atoms with Crippen LogP contribution < -0.4 is 9.47 Å². The van der Waals surface area contributed by atoms with Crippen LogP contribution in [0.1, 0.15) is 25.5 Å². The van der Waals surface area contributed by atoms with Gasteiger partial charge in [-0.1, -0.05) is 0 Å². The van der Waals surface area contributed by atoms with Crippen LogP contribution in [0.5, 0.6) is 11.5 Å². The second-order valence-corrected chi connectivity index (χ2v) is 3.64. The SMILES string of the molecule is CCOc1cc(OCC)c(F)c(C(OC)C(=O)O)c1. The van der Waals surface area contributed by atoms with Crippen LogP contribution in [0.15, 0.2) is 12.1 Å². The fraction of sp³-hybridized carbons (Fsp3) is 0.462. The molecular formula is C13H17FO5. The van der Waals surface area contributed by atoms with Gasteiger partial charge >= 0.3 is 5.97 Å². The van der Waals surface area contributed by atoms with Gasteiger partial charge in [0.1, 0.15) is 5.75 Å². The number of carboxylic acids is 1. The maximum atomic E-state index is 14.2. The highest BCUT2D eigenvalue weighted by Crippen LogP contribution is 2.32. The first-order valence-electron chi connectivity index (χ1n) is 5.89. The quantitative estimate of drug-likeness (QED) is 0.825. The predicted octanol–water partition coefficient (Wildman–Crippen LogP) is 2.40. The highest BCUT2D eigenvalue weighted by molar-refractivity contribution is 5.75. The van der Waals surface area contributed by atoms with E-state index in [2.05, 4.69) is 0 Å². The number of aliphatic carboxylic acids is 1. The van der Waals surface area contributed by atoms with E-state index >= 15 is 0 Å². The van der Waals surface area contributed by atoms with Crippen molar-refractivity contribution in [3.63, 3.8) is 0 Å². The van der Waals surface area contributed by atoms with Gasteiger partial charge in [0.15, 0.2) is 17.7 Å². The van der Waals surface area contributed by atoms with Gasteiger partial charge in [0.05, 0.1) is 13.2 Å². The Morgan fingerprint density at radius 2 is 1.95 bits per heavy atom. The molecule has 0 aliphatic rings. The van der Waals surface area contributed by atoms with Crippen molar-refractivity contribution < 1.29 is 28.5 Å². The lowest BCUT2D eigenvalue weighted by Crippen LogP contribution is -2.16. The molecule has 6 heteroatoms. The number of hydrogen-bond acceptors (Lipinski definition) is 4. The Labute approximate surface area is 110 Å². The van der Waals surface area contributed by atoms with Crippen LogP contribution in [0.4, 0.5) is 4.39 Å². The second kappa shape index (κ2) is 6.94. The molecule has 0 amide bonds. The third-order valence-electron chi connectivity index (χ3n) is 2.39. The molecule has 1 atom stereocenters. The number of methoxy groups -OCH3 is 1. The Morgan fingerprint density at radius 1 is 1.32 bits per heavy atom. The van der Waals surface area contributed by atoms with Gasteiger partial charge in [-0.3, -0.25) is 0 Å². The molecule has 19 heavy (non-hydrogen) atoms. The largest absolute Gasteiger partial charge is 0.494 e. The Hall–Kier alpha value is -1.82. The van der Waals surface area contributed by atoms with Gasteiger partial charge in [-0.2, -0.15) is 0 Å². The van der Waals surface area contributed by atoms with Crippen molar-refractivity contribution in [2.45, 2.75) is 20.0 Å². The first-order chi connectivity index (χ1) is 9.04. The molecule has 1 aromatic rings. The van der Waals surface area contributed by atoms with Crippen molar-refractivity contribution in [3.05, 3.63) is 23.5 Å². The molecule has 0 saturated heterocycles. The van der Waals surface area contributed by atoms with Gasteiger partial charge < -0.3 is 19.3 Å². The number of carboxylic acid groups (broad SMARTS) is 1. The van der Waals surface area contributed by atoms with Crippen molar-refractivity contribution >= 4 is 5.97 Å². The van der Waals surface area contributed by atoms with Crippen molar-refractivity contribution in [2.75, 3.05) is 20.3 Å². The molecule has 1 rings (SSSR count). The number of hydrogen-bond donors (Lipinski definition) is 1. The topological polar surface area (TPSA) is 65.0 Å². The Bertz CT molecular complexity index is 447. The van der Waals surface area contributed by atoms with Gasteiger partial charge in [0.2, 0.25) is 0 Å². The molecule has 0 spiro atoms. The van der Waals surface area contributed by atoms with E-state index in [1.807, 2.05) is 0 Å². The molecule has 106 valence electrons. The van der Waals surface area contributed by atoms with E-state index in [0.29, 0.717) is 12.4 Å². The lowest BCUT2D eigenvalue weighted by molar-refractivity contribution is -0.149. The highest BCUT2D eigenvalue weighted by atomic mass is 19.1. The summed E-state index contributed by atoms with van der Waals surface area (Å²) < 4.78 is 29.4. The summed E-state index contributed by atoms with van der Waals surface area (Å²) in [5.41, 5.74) is -0.121. The van der Waals surface area contributed by atoms with Crippen molar-refractivity contribution in [3.8, 4) is 11.5 Å². The number of rotatable bonds is 7. The van der Waals surface area contributed by atoms with Crippen molar-refractivity contribution in [1.82, 2.24) is 0 Å². The van der Waals surface area contributed by atoms with Crippen LogP contribution in [0.3, 0.4) is 0 Å². The molecule has 1 aromatic carbocycles. The molecule has 0 aliphatic carbocycles. The molecule has 5 nitrogen and oxygen atoms in total. The Kier molecular flexibility index (Phi) is 5.57. The molecule has 1 N–H and O–H groups in total. The van der Waals surface area contributed by atoms with Crippen LogP contribution in [-0.4, -0.2) is 31.4 Å². The minimum atomic E-state index is -1.40. The summed E-state index contributed by atoms with van der Waals surface area (Å²) in [6.45, 7) is 4.11. The zero-order valence-corrected chi connectivity index (χ0v) is 11.1. The lowest BCUT2D eigenvalue weighted by atomic mass is 10.1. The standard InChI is InChI=1S/C13H17FO5/c1-4-18-8-6-9(12(17-3)13(15)16)11(14)10(7-8)19-5-2/h6-7,12H,4-5H2,1-3H3,(H,15,16). The summed E-state index contributed by atoms with van der Waals surface area (Å²) in [6.07, 6.45) is -1.40. The molecule has 0 bridgehead atoms. The summed E-state index contributed by atoms with van der Waals surface area (Å²) >= 11 is 0. The van der Waals surface area contributed by atoms with Crippen LogP contribution >= 0.6 is 0 Å². The first-order valence-corrected chi connectivity index (χ1v) is 5.89. The molecule has 0 saturated carbocycles. The third kappa shape index (κ3) is 3.57. The molecular weight excluding hydrogens is 255 g/mol. The maximum Gasteiger partial charge on any atom is 0.337 e. The summed E-state index contributed by atoms with van der Waals surface area (Å²) in [5, 5.41) is 9.02. The van der Waals surface area contributed by atoms with Gasteiger partial charge in [-0.05, 0) is 19.9 Å². The van der Waals surface area contributed by atoms with Gasteiger partial charge in [-0.25, -0.2) is 9.18 Å². The monoisotopic (exact) mass is 272 g/mol. The number of carbonyl (C=O) groups is 1. The summed E-state index contributed by atoms with van der Waals surface area (Å²) in [4.78, 5) is 11.0. The van der Waals surface area contributed by atoms with Crippen LogP contribution in [0.2, 0.25) is 0 Å². The van der Waals surface area contributed by atoms with E-state index in [-0.39, 0.29) is 17.9 Å². The Morgan fingerprint density at radius 3 is 2.42 bits per heavy atom. The predicted molar refractivity (Wildman–Crippen MR) is 66.1 cm³/mol. The summed E-state index contributed by atoms with van der Waals surface area (Å²) in [7, 11) is 1.20. The average molecular weight is 272 g/mol. The number of benzene rings is 1. The average Bonchev–Trinajstić information content (AvgIpc) is 2.35. The van der Waals surface area contributed by atoms with Crippen molar-refractivity contribution in [2.24, 2.45) is 0 Å². The fourth-order valence-corrected chi connectivity index (χ4v) is 1.66. The highest BCUT2D eigenvalue weighted by Gasteiger charge is 2.26. The second-order valence-electron chi connectivity index (χ2n) is 3.64. The first kappa shape index (κ1) is 15.2. The van der Waals surface area contributed by atoms with Crippen molar-refractivity contribution in [1.29, 1.82) is 0 Å².